The minimum atomic E-state index is 0.647. The molecule has 11 heavy (non-hydrogen) atoms. The third kappa shape index (κ3) is 25.4. The molecule has 0 aliphatic heterocycles. The Morgan fingerprint density at radius 2 is 1.91 bits per heavy atom. The van der Waals surface area contributed by atoms with Crippen LogP contribution >= 0.6 is 24.4 Å². The van der Waals surface area contributed by atoms with Crippen LogP contribution in [0.1, 0.15) is 26.7 Å². The molecule has 0 N–H and O–H groups in total. The van der Waals surface area contributed by atoms with Crippen LogP contribution in [0, 0.1) is 11.3 Å². The van der Waals surface area contributed by atoms with Crippen LogP contribution in [0.4, 0.5) is 0 Å². The second-order valence-corrected chi connectivity index (χ2v) is 3.49. The van der Waals surface area contributed by atoms with E-state index in [0.29, 0.717) is 5.75 Å². The number of nitrogens with zero attached hydrogens (tertiary/aromatic N) is 1. The Balaban J connectivity index is 0. The number of nitriles is 1. The van der Waals surface area contributed by atoms with Gasteiger partial charge in [0.05, 0.1) is 11.8 Å². The molecule has 0 saturated carbocycles. The molecule has 1 nitrogen and oxygen atoms in total. The first-order chi connectivity index (χ1) is 5.33. The summed E-state index contributed by atoms with van der Waals surface area (Å²) in [5.41, 5.74) is 0. The van der Waals surface area contributed by atoms with Gasteiger partial charge in [0.2, 0.25) is 0 Å². The molecule has 0 atom stereocenters. The summed E-state index contributed by atoms with van der Waals surface area (Å²) in [6, 6.07) is 2.07. The largest absolute Gasteiger partial charge is 0.197 e. The van der Waals surface area contributed by atoms with Crippen LogP contribution in [0.3, 0.4) is 0 Å². The van der Waals surface area contributed by atoms with Gasteiger partial charge in [0, 0.05) is 0 Å². The van der Waals surface area contributed by atoms with Crippen molar-refractivity contribution in [2.45, 2.75) is 26.7 Å². The van der Waals surface area contributed by atoms with Crippen molar-refractivity contribution in [3.63, 3.8) is 0 Å². The molecule has 3 heteroatoms. The van der Waals surface area contributed by atoms with E-state index in [1.54, 1.807) is 11.8 Å². The normalized spacial score (nSPS) is 7.82. The van der Waals surface area contributed by atoms with Gasteiger partial charge < -0.3 is 0 Å². The molecule has 0 saturated heterocycles. The molecule has 0 rings (SSSR count). The maximum atomic E-state index is 8.02. The van der Waals surface area contributed by atoms with Crippen LogP contribution in [0.5, 0.6) is 0 Å². The maximum absolute atomic E-state index is 8.02. The van der Waals surface area contributed by atoms with E-state index in [2.05, 4.69) is 32.5 Å². The van der Waals surface area contributed by atoms with E-state index >= 15 is 0 Å². The Hall–Kier alpha value is 0.190. The molecule has 0 amide bonds. The van der Waals surface area contributed by atoms with E-state index in [1.165, 1.54) is 12.8 Å². The molecular weight excluding hydrogens is 174 g/mol. The van der Waals surface area contributed by atoms with Gasteiger partial charge in [0.15, 0.2) is 0 Å². The summed E-state index contributed by atoms with van der Waals surface area (Å²) >= 11 is 5.61. The summed E-state index contributed by atoms with van der Waals surface area (Å²) in [6.45, 7) is 4.22. The minimum Gasteiger partial charge on any atom is -0.197 e. The Bertz CT molecular complexity index is 86.6. The molecule has 0 fully saturated rings. The number of thiol groups is 1. The summed E-state index contributed by atoms with van der Waals surface area (Å²) in [6.07, 6.45) is 2.36. The van der Waals surface area contributed by atoms with E-state index in [-0.39, 0.29) is 0 Å². The predicted molar refractivity (Wildman–Crippen MR) is 57.4 cm³/mol. The zero-order valence-corrected chi connectivity index (χ0v) is 9.05. The van der Waals surface area contributed by atoms with E-state index in [1.807, 2.05) is 0 Å². The topological polar surface area (TPSA) is 23.8 Å². The predicted octanol–water partition coefficient (Wildman–Crippen LogP) is 2.98. The van der Waals surface area contributed by atoms with Gasteiger partial charge in [-0.2, -0.15) is 17.9 Å². The van der Waals surface area contributed by atoms with Crippen molar-refractivity contribution in [1.29, 1.82) is 5.26 Å². The third-order valence-corrected chi connectivity index (χ3v) is 2.22. The molecule has 66 valence electrons. The molecule has 0 heterocycles. The van der Waals surface area contributed by atoms with Crippen molar-refractivity contribution < 1.29 is 0 Å². The second-order valence-electron chi connectivity index (χ2n) is 1.93. The number of rotatable bonds is 4. The van der Waals surface area contributed by atoms with Crippen molar-refractivity contribution >= 4 is 24.4 Å². The Morgan fingerprint density at radius 1 is 1.36 bits per heavy atom. The van der Waals surface area contributed by atoms with Crippen molar-refractivity contribution in [2.75, 3.05) is 17.3 Å². The molecule has 0 radical (unpaired) electrons. The Labute approximate surface area is 80.0 Å². The molecule has 0 aliphatic carbocycles. The first-order valence-corrected chi connectivity index (χ1v) is 5.67. The fourth-order valence-electron chi connectivity index (χ4n) is 0.262. The van der Waals surface area contributed by atoms with Gasteiger partial charge in [-0.05, 0) is 24.3 Å². The number of thioether (sulfide) groups is 1. The van der Waals surface area contributed by atoms with Crippen LogP contribution in [-0.2, 0) is 0 Å². The molecule has 0 spiro atoms. The lowest BCUT2D eigenvalue weighted by Crippen LogP contribution is -1.74. The molecule has 0 aromatic heterocycles. The summed E-state index contributed by atoms with van der Waals surface area (Å²) in [5.74, 6) is 2.78. The van der Waals surface area contributed by atoms with Crippen molar-refractivity contribution in [3.8, 4) is 6.07 Å². The fourth-order valence-corrected chi connectivity index (χ4v) is 0.786. The smallest absolute Gasteiger partial charge is 0.0808 e. The average Bonchev–Trinajstić information content (AvgIpc) is 2.06. The van der Waals surface area contributed by atoms with E-state index in [9.17, 15) is 0 Å². The third-order valence-electron chi connectivity index (χ3n) is 0.739. The van der Waals surface area contributed by atoms with Gasteiger partial charge in [-0.25, -0.2) is 0 Å². The first kappa shape index (κ1) is 13.8. The maximum Gasteiger partial charge on any atom is 0.0808 e. The zero-order chi connectivity index (χ0) is 8.95. The summed E-state index contributed by atoms with van der Waals surface area (Å²) in [7, 11) is 0. The highest BCUT2D eigenvalue weighted by atomic mass is 32.2. The molecule has 0 aliphatic rings. The average molecular weight is 191 g/mol. The molecule has 0 aromatic carbocycles. The quantitative estimate of drug-likeness (QED) is 0.545. The molecular formula is C8H17NS2. The van der Waals surface area contributed by atoms with Crippen LogP contribution < -0.4 is 0 Å². The van der Waals surface area contributed by atoms with Crippen LogP contribution in [0.2, 0.25) is 0 Å². The highest BCUT2D eigenvalue weighted by molar-refractivity contribution is 7.99. The van der Waals surface area contributed by atoms with Crippen molar-refractivity contribution in [2.24, 2.45) is 0 Å². The van der Waals surface area contributed by atoms with Gasteiger partial charge in [-0.3, -0.25) is 0 Å². The molecule has 0 unspecified atom stereocenters. The van der Waals surface area contributed by atoms with Gasteiger partial charge >= 0.3 is 0 Å². The highest BCUT2D eigenvalue weighted by Crippen LogP contribution is 1.98. The van der Waals surface area contributed by atoms with E-state index in [4.69, 9.17) is 5.26 Å². The van der Waals surface area contributed by atoms with Crippen LogP contribution in [0.25, 0.3) is 0 Å². The number of hydrogen-bond acceptors (Lipinski definition) is 3. The molecule has 0 aromatic rings. The summed E-state index contributed by atoms with van der Waals surface area (Å²) < 4.78 is 0. The lowest BCUT2D eigenvalue weighted by molar-refractivity contribution is 1.11. The lowest BCUT2D eigenvalue weighted by atomic mass is 10.6. The van der Waals surface area contributed by atoms with E-state index in [0.717, 1.165) is 11.5 Å². The second kappa shape index (κ2) is 16.6. The van der Waals surface area contributed by atoms with Crippen LogP contribution in [0.15, 0.2) is 0 Å². The zero-order valence-electron chi connectivity index (χ0n) is 7.34. The van der Waals surface area contributed by atoms with Gasteiger partial charge in [0.1, 0.15) is 0 Å². The van der Waals surface area contributed by atoms with Gasteiger partial charge in [-0.1, -0.05) is 13.8 Å². The first-order valence-electron chi connectivity index (χ1n) is 3.88. The fraction of sp³-hybridized carbons (Fsp3) is 0.875. The van der Waals surface area contributed by atoms with E-state index < -0.39 is 0 Å². The van der Waals surface area contributed by atoms with Gasteiger partial charge in [-0.15, -0.1) is 11.8 Å². The van der Waals surface area contributed by atoms with Gasteiger partial charge in [0.25, 0.3) is 0 Å². The summed E-state index contributed by atoms with van der Waals surface area (Å²) in [5, 5.41) is 8.02. The minimum absolute atomic E-state index is 0.647. The van der Waals surface area contributed by atoms with Crippen LogP contribution in [-0.4, -0.2) is 17.3 Å². The standard InChI is InChI=1S/C5H9NS.C3H8S/c1-2-4-7-5-3-6;1-2-3-4/h2,4-5H2,1H3;4H,2-3H2,1H3. The summed E-state index contributed by atoms with van der Waals surface area (Å²) in [4.78, 5) is 0. The SMILES string of the molecule is CCCS.CCCSCC#N. The Kier molecular flexibility index (Phi) is 20.8. The lowest BCUT2D eigenvalue weighted by Gasteiger charge is -1.85. The van der Waals surface area contributed by atoms with Crippen molar-refractivity contribution in [1.82, 2.24) is 0 Å². The number of hydrogen-bond donors (Lipinski definition) is 1. The van der Waals surface area contributed by atoms with Crippen molar-refractivity contribution in [3.05, 3.63) is 0 Å². The molecule has 0 bridgehead atoms. The Morgan fingerprint density at radius 3 is 2.18 bits per heavy atom. The highest BCUT2D eigenvalue weighted by Gasteiger charge is 1.79. The monoisotopic (exact) mass is 191 g/mol.